The summed E-state index contributed by atoms with van der Waals surface area (Å²) in [7, 11) is 0. The minimum atomic E-state index is -0.635. The van der Waals surface area contributed by atoms with Gasteiger partial charge >= 0.3 is 5.97 Å². The van der Waals surface area contributed by atoms with E-state index in [9.17, 15) is 9.59 Å². The highest BCUT2D eigenvalue weighted by molar-refractivity contribution is 6.00. The van der Waals surface area contributed by atoms with Crippen LogP contribution in [0.4, 0.5) is 0 Å². The average molecular weight is 296 g/mol. The lowest BCUT2D eigenvalue weighted by molar-refractivity contribution is 0.0468. The lowest BCUT2D eigenvalue weighted by Crippen LogP contribution is -2.13. The van der Waals surface area contributed by atoms with Crippen molar-refractivity contribution in [2.45, 2.75) is 0 Å². The molecular formula is C17H12O5. The Bertz CT molecular complexity index is 797. The van der Waals surface area contributed by atoms with E-state index in [-0.39, 0.29) is 17.1 Å². The molecule has 0 saturated carbocycles. The summed E-state index contributed by atoms with van der Waals surface area (Å²) in [6.07, 6.45) is 0. The molecule has 22 heavy (non-hydrogen) atoms. The van der Waals surface area contributed by atoms with Gasteiger partial charge in [0.05, 0.1) is 5.56 Å². The molecule has 0 unspecified atom stereocenters. The lowest BCUT2D eigenvalue weighted by Gasteiger charge is -2.03. The minimum absolute atomic E-state index is 0.0508. The molecular weight excluding hydrogens is 284 g/mol. The topological polar surface area (TPSA) is 76.7 Å². The van der Waals surface area contributed by atoms with E-state index in [4.69, 9.17) is 14.3 Å². The Kier molecular flexibility index (Phi) is 3.62. The summed E-state index contributed by atoms with van der Waals surface area (Å²) in [5, 5.41) is 9.97. The first-order valence-electron chi connectivity index (χ1n) is 6.61. The van der Waals surface area contributed by atoms with Gasteiger partial charge in [0.1, 0.15) is 11.3 Å². The molecule has 0 saturated heterocycles. The van der Waals surface area contributed by atoms with Gasteiger partial charge in [-0.15, -0.1) is 0 Å². The number of hydrogen-bond acceptors (Lipinski definition) is 5. The number of Topliss-reactive ketones (excluding diaryl/α,β-unsaturated/α-hetero) is 1. The quantitative estimate of drug-likeness (QED) is 0.591. The van der Waals surface area contributed by atoms with Crippen LogP contribution in [0, 0.1) is 0 Å². The van der Waals surface area contributed by atoms with Crippen LogP contribution in [0.3, 0.4) is 0 Å². The first-order chi connectivity index (χ1) is 10.6. The second-order valence-electron chi connectivity index (χ2n) is 4.69. The van der Waals surface area contributed by atoms with Crippen molar-refractivity contribution < 1.29 is 23.8 Å². The number of phenols is 1. The van der Waals surface area contributed by atoms with Gasteiger partial charge < -0.3 is 14.3 Å². The number of phenolic OH excluding ortho intramolecular Hbond substituents is 1. The lowest BCUT2D eigenvalue weighted by atomic mass is 10.2. The van der Waals surface area contributed by atoms with Crippen molar-refractivity contribution >= 4 is 22.7 Å². The van der Waals surface area contributed by atoms with Gasteiger partial charge in [-0.2, -0.15) is 0 Å². The first-order valence-corrected chi connectivity index (χ1v) is 6.61. The number of aromatic hydroxyl groups is 1. The number of carbonyl (C=O) groups is 2. The third-order valence-corrected chi connectivity index (χ3v) is 3.14. The molecule has 3 aromatic rings. The second-order valence-corrected chi connectivity index (χ2v) is 4.69. The standard InChI is InChI=1S/C17H12O5/c18-13-7-5-11(6-8-13)17(20)21-10-14(19)16-9-12-3-1-2-4-15(12)22-16/h1-9,18H,10H2. The van der Waals surface area contributed by atoms with Crippen molar-refractivity contribution in [3.05, 3.63) is 65.9 Å². The molecule has 0 aliphatic rings. The van der Waals surface area contributed by atoms with Crippen LogP contribution in [0.2, 0.25) is 0 Å². The van der Waals surface area contributed by atoms with E-state index in [0.717, 1.165) is 5.39 Å². The predicted octanol–water partition coefficient (Wildman–Crippen LogP) is 3.18. The third kappa shape index (κ3) is 2.83. The van der Waals surface area contributed by atoms with Crippen LogP contribution < -0.4 is 0 Å². The Labute approximate surface area is 125 Å². The van der Waals surface area contributed by atoms with Crippen molar-refractivity contribution in [1.29, 1.82) is 0 Å². The van der Waals surface area contributed by atoms with Crippen LogP contribution in [0.15, 0.2) is 59.0 Å². The number of ether oxygens (including phenoxy) is 1. The number of para-hydroxylation sites is 1. The van der Waals surface area contributed by atoms with Crippen LogP contribution >= 0.6 is 0 Å². The maximum Gasteiger partial charge on any atom is 0.338 e. The molecule has 5 nitrogen and oxygen atoms in total. The summed E-state index contributed by atoms with van der Waals surface area (Å²) in [6.45, 7) is -0.403. The SMILES string of the molecule is O=C(OCC(=O)c1cc2ccccc2o1)c1ccc(O)cc1. The molecule has 1 aromatic heterocycles. The predicted molar refractivity (Wildman–Crippen MR) is 78.9 cm³/mol. The molecule has 1 heterocycles. The monoisotopic (exact) mass is 296 g/mol. The molecule has 0 spiro atoms. The number of fused-ring (bicyclic) bond motifs is 1. The molecule has 5 heteroatoms. The van der Waals surface area contributed by atoms with E-state index < -0.39 is 18.4 Å². The maximum absolute atomic E-state index is 12.0. The van der Waals surface area contributed by atoms with E-state index in [0.29, 0.717) is 5.58 Å². The van der Waals surface area contributed by atoms with Crippen LogP contribution in [0.5, 0.6) is 5.75 Å². The maximum atomic E-state index is 12.0. The van der Waals surface area contributed by atoms with Gasteiger partial charge in [0, 0.05) is 5.39 Å². The third-order valence-electron chi connectivity index (χ3n) is 3.14. The molecule has 0 amide bonds. The fourth-order valence-corrected chi connectivity index (χ4v) is 2.00. The highest BCUT2D eigenvalue weighted by Gasteiger charge is 2.15. The van der Waals surface area contributed by atoms with Crippen LogP contribution in [-0.4, -0.2) is 23.5 Å². The number of rotatable bonds is 4. The average Bonchev–Trinajstić information content (AvgIpc) is 2.97. The fourth-order valence-electron chi connectivity index (χ4n) is 2.00. The summed E-state index contributed by atoms with van der Waals surface area (Å²) in [4.78, 5) is 23.8. The molecule has 0 aliphatic heterocycles. The zero-order valence-corrected chi connectivity index (χ0v) is 11.5. The Morgan fingerprint density at radius 3 is 2.50 bits per heavy atom. The Balaban J connectivity index is 1.66. The first kappa shape index (κ1) is 13.9. The molecule has 0 fully saturated rings. The minimum Gasteiger partial charge on any atom is -0.508 e. The molecule has 0 aliphatic carbocycles. The van der Waals surface area contributed by atoms with E-state index in [1.807, 2.05) is 18.2 Å². The van der Waals surface area contributed by atoms with Crippen molar-refractivity contribution in [3.8, 4) is 5.75 Å². The van der Waals surface area contributed by atoms with Gasteiger partial charge in [0.25, 0.3) is 0 Å². The fraction of sp³-hybridized carbons (Fsp3) is 0.0588. The molecule has 1 N–H and O–H groups in total. The summed E-state index contributed by atoms with van der Waals surface area (Å²) in [5.41, 5.74) is 0.867. The largest absolute Gasteiger partial charge is 0.508 e. The van der Waals surface area contributed by atoms with Crippen molar-refractivity contribution in [3.63, 3.8) is 0 Å². The highest BCUT2D eigenvalue weighted by atomic mass is 16.5. The number of benzene rings is 2. The smallest absolute Gasteiger partial charge is 0.338 e. The van der Waals surface area contributed by atoms with E-state index in [2.05, 4.69) is 0 Å². The summed E-state index contributed by atoms with van der Waals surface area (Å²) >= 11 is 0. The van der Waals surface area contributed by atoms with Crippen molar-refractivity contribution in [2.75, 3.05) is 6.61 Å². The molecule has 0 atom stereocenters. The van der Waals surface area contributed by atoms with Crippen molar-refractivity contribution in [2.24, 2.45) is 0 Å². The van der Waals surface area contributed by atoms with Gasteiger partial charge in [0.15, 0.2) is 12.4 Å². The molecule has 2 aromatic carbocycles. The summed E-state index contributed by atoms with van der Waals surface area (Å²) in [5.74, 6) is -0.845. The van der Waals surface area contributed by atoms with Gasteiger partial charge in [-0.1, -0.05) is 18.2 Å². The van der Waals surface area contributed by atoms with Gasteiger partial charge in [-0.05, 0) is 36.4 Å². The van der Waals surface area contributed by atoms with E-state index in [1.54, 1.807) is 12.1 Å². The molecule has 3 rings (SSSR count). The number of carbonyl (C=O) groups excluding carboxylic acids is 2. The Hall–Kier alpha value is -3.08. The zero-order valence-electron chi connectivity index (χ0n) is 11.5. The molecule has 0 bridgehead atoms. The summed E-state index contributed by atoms with van der Waals surface area (Å²) < 4.78 is 10.4. The highest BCUT2D eigenvalue weighted by Crippen LogP contribution is 2.19. The number of hydrogen-bond donors (Lipinski definition) is 1. The van der Waals surface area contributed by atoms with Gasteiger partial charge in [0.2, 0.25) is 5.78 Å². The number of furan rings is 1. The second kappa shape index (κ2) is 5.73. The molecule has 110 valence electrons. The number of esters is 1. The Morgan fingerprint density at radius 2 is 1.77 bits per heavy atom. The zero-order chi connectivity index (χ0) is 15.5. The van der Waals surface area contributed by atoms with Crippen LogP contribution in [-0.2, 0) is 4.74 Å². The normalized spacial score (nSPS) is 10.5. The van der Waals surface area contributed by atoms with E-state index in [1.165, 1.54) is 24.3 Å². The molecule has 0 radical (unpaired) electrons. The van der Waals surface area contributed by atoms with Crippen LogP contribution in [0.25, 0.3) is 11.0 Å². The van der Waals surface area contributed by atoms with Gasteiger partial charge in [-0.3, -0.25) is 4.79 Å². The Morgan fingerprint density at radius 1 is 1.05 bits per heavy atom. The van der Waals surface area contributed by atoms with Gasteiger partial charge in [-0.25, -0.2) is 4.79 Å². The van der Waals surface area contributed by atoms with Crippen molar-refractivity contribution in [1.82, 2.24) is 0 Å². The van der Waals surface area contributed by atoms with Crippen LogP contribution in [0.1, 0.15) is 20.9 Å². The number of ketones is 1. The van der Waals surface area contributed by atoms with E-state index >= 15 is 0 Å². The summed E-state index contributed by atoms with van der Waals surface area (Å²) in [6, 6.07) is 14.4.